The van der Waals surface area contributed by atoms with Crippen LogP contribution in [0.15, 0.2) is 36.4 Å². The third kappa shape index (κ3) is 3.54. The monoisotopic (exact) mass is 516 g/mol. The maximum atomic E-state index is 2.66. The van der Waals surface area contributed by atoms with Gasteiger partial charge in [-0.3, -0.25) is 0 Å². The molecule has 0 amide bonds. The summed E-state index contributed by atoms with van der Waals surface area (Å²) < 4.78 is 4.62. The molecule has 2 aromatic rings. The average Bonchev–Trinajstić information content (AvgIpc) is 3.35. The molecule has 1 heterocycles. The Labute approximate surface area is 199 Å². The molecule has 0 N–H and O–H groups in total. The van der Waals surface area contributed by atoms with Gasteiger partial charge in [-0.2, -0.15) is 0 Å². The van der Waals surface area contributed by atoms with E-state index in [0.717, 1.165) is 7.25 Å². The van der Waals surface area contributed by atoms with E-state index in [1.54, 1.807) is 30.5 Å². The molecule has 2 atom stereocenters. The number of hydrogen-bond donors (Lipinski definition) is 0. The average molecular weight is 519 g/mol. The van der Waals surface area contributed by atoms with Gasteiger partial charge in [0.15, 0.2) is 0 Å². The molecular weight excluding hydrogens is 486 g/mol. The SMILES string of the molecule is Cc1ccc(C)c2c1C=C[CH]2[Zr+2]1([CH]2C=Cc3c(C)ccc(C)c32)[CH2]CCC[CH2]1.[Cl-].[Cl-]. The molecule has 0 radical (unpaired) electrons. The number of benzene rings is 2. The fourth-order valence-electron chi connectivity index (χ4n) is 6.54. The Morgan fingerprint density at radius 3 is 1.43 bits per heavy atom. The third-order valence-corrected chi connectivity index (χ3v) is 22.8. The molecular formula is C27H32Cl2Zr. The summed E-state index contributed by atoms with van der Waals surface area (Å²) in [5.41, 5.74) is 12.5. The Hall–Kier alpha value is -0.617. The van der Waals surface area contributed by atoms with Crippen LogP contribution in [0, 0.1) is 27.7 Å². The van der Waals surface area contributed by atoms with E-state index in [9.17, 15) is 0 Å². The van der Waals surface area contributed by atoms with Crippen molar-refractivity contribution < 1.29 is 45.1 Å². The Morgan fingerprint density at radius 1 is 0.600 bits per heavy atom. The molecule has 1 fully saturated rings. The van der Waals surface area contributed by atoms with Crippen molar-refractivity contribution in [3.05, 3.63) is 80.9 Å². The molecule has 30 heavy (non-hydrogen) atoms. The number of fused-ring (bicyclic) bond motifs is 2. The van der Waals surface area contributed by atoms with Crippen LogP contribution in [0.4, 0.5) is 0 Å². The number of allylic oxidation sites excluding steroid dienone is 2. The zero-order valence-corrected chi connectivity index (χ0v) is 22.5. The van der Waals surface area contributed by atoms with E-state index in [1.807, 2.05) is 0 Å². The summed E-state index contributed by atoms with van der Waals surface area (Å²) >= 11 is -2.58. The molecule has 2 aliphatic carbocycles. The number of aryl methyl sites for hydroxylation is 4. The van der Waals surface area contributed by atoms with Crippen molar-refractivity contribution in [2.75, 3.05) is 0 Å². The van der Waals surface area contributed by atoms with Gasteiger partial charge in [0.05, 0.1) is 0 Å². The van der Waals surface area contributed by atoms with Crippen LogP contribution >= 0.6 is 0 Å². The van der Waals surface area contributed by atoms with Crippen molar-refractivity contribution in [3.63, 3.8) is 0 Å². The quantitative estimate of drug-likeness (QED) is 0.570. The summed E-state index contributed by atoms with van der Waals surface area (Å²) in [4.78, 5) is 0. The van der Waals surface area contributed by atoms with Crippen LogP contribution in [0.5, 0.6) is 0 Å². The van der Waals surface area contributed by atoms with Gasteiger partial charge >= 0.3 is 176 Å². The van der Waals surface area contributed by atoms with E-state index in [4.69, 9.17) is 0 Å². The molecule has 3 aliphatic rings. The summed E-state index contributed by atoms with van der Waals surface area (Å²) in [7, 11) is 0. The number of hydrogen-bond acceptors (Lipinski definition) is 0. The van der Waals surface area contributed by atoms with Gasteiger partial charge in [0.1, 0.15) is 0 Å². The topological polar surface area (TPSA) is 0 Å². The first-order valence-corrected chi connectivity index (χ1v) is 17.4. The summed E-state index contributed by atoms with van der Waals surface area (Å²) in [6.07, 6.45) is 14.7. The number of rotatable bonds is 2. The molecule has 5 rings (SSSR count). The predicted molar refractivity (Wildman–Crippen MR) is 119 cm³/mol. The van der Waals surface area contributed by atoms with Gasteiger partial charge in [-0.15, -0.1) is 0 Å². The zero-order chi connectivity index (χ0) is 19.5. The van der Waals surface area contributed by atoms with E-state index in [0.29, 0.717) is 0 Å². The van der Waals surface area contributed by atoms with Crippen molar-refractivity contribution in [1.82, 2.24) is 0 Å². The minimum absolute atomic E-state index is 0. The normalized spacial score (nSPS) is 21.7. The van der Waals surface area contributed by atoms with Crippen molar-refractivity contribution in [3.8, 4) is 0 Å². The summed E-state index contributed by atoms with van der Waals surface area (Å²) in [6.45, 7) is 9.31. The predicted octanol–water partition coefficient (Wildman–Crippen LogP) is 1.94. The van der Waals surface area contributed by atoms with E-state index >= 15 is 0 Å². The molecule has 0 saturated carbocycles. The Morgan fingerprint density at radius 2 is 1.00 bits per heavy atom. The standard InChI is InChI=1S/2C11H11.C5H10.2ClH.Zr/c2*1-8-6-7-9(2)11-5-3-4-10(8)11;1-3-5-4-2;;;/h2*3-7H,1-2H3;1-5H2;2*1H;/q;;;;;+2/p-2. The molecule has 2 unspecified atom stereocenters. The molecule has 1 aliphatic heterocycles. The van der Waals surface area contributed by atoms with Crippen LogP contribution in [-0.4, -0.2) is 0 Å². The number of halogens is 2. The summed E-state index contributed by atoms with van der Waals surface area (Å²) in [5.74, 6) is 0. The first-order chi connectivity index (χ1) is 13.5. The molecule has 0 nitrogen and oxygen atoms in total. The minimum atomic E-state index is -2.58. The second kappa shape index (κ2) is 9.09. The van der Waals surface area contributed by atoms with Gasteiger partial charge in [0, 0.05) is 0 Å². The van der Waals surface area contributed by atoms with Gasteiger partial charge in [-0.1, -0.05) is 0 Å². The summed E-state index contributed by atoms with van der Waals surface area (Å²) in [5, 5.41) is 0. The molecule has 2 aromatic carbocycles. The molecule has 1 saturated heterocycles. The first kappa shape index (κ1) is 24.0. The van der Waals surface area contributed by atoms with Crippen molar-refractivity contribution in [2.24, 2.45) is 0 Å². The van der Waals surface area contributed by atoms with Crippen LogP contribution in [-0.2, 0) is 20.3 Å². The minimum Gasteiger partial charge on any atom is -1.00 e. The van der Waals surface area contributed by atoms with Gasteiger partial charge in [0.2, 0.25) is 0 Å². The molecule has 0 spiro atoms. The largest absolute Gasteiger partial charge is 1.00 e. The summed E-state index contributed by atoms with van der Waals surface area (Å²) in [6, 6.07) is 9.40. The molecule has 158 valence electrons. The maximum absolute atomic E-state index is 2.66. The molecule has 0 aromatic heterocycles. The van der Waals surface area contributed by atoms with Crippen LogP contribution in [0.25, 0.3) is 12.2 Å². The van der Waals surface area contributed by atoms with Crippen LogP contribution in [0.2, 0.25) is 8.26 Å². The Bertz CT molecular complexity index is 937. The molecule has 3 heteroatoms. The van der Waals surface area contributed by atoms with Crippen LogP contribution in [0.1, 0.15) is 71.0 Å². The van der Waals surface area contributed by atoms with Crippen molar-refractivity contribution in [2.45, 2.75) is 62.5 Å². The van der Waals surface area contributed by atoms with Crippen LogP contribution < -0.4 is 24.8 Å². The smallest absolute Gasteiger partial charge is 1.00 e. The Kier molecular flexibility index (Phi) is 7.28. The van der Waals surface area contributed by atoms with Gasteiger partial charge < -0.3 is 24.8 Å². The van der Waals surface area contributed by atoms with Crippen LogP contribution in [0.3, 0.4) is 0 Å². The van der Waals surface area contributed by atoms with E-state index < -0.39 is 20.3 Å². The molecule has 0 bridgehead atoms. The second-order valence-corrected chi connectivity index (χ2v) is 21.1. The fourth-order valence-corrected chi connectivity index (χ4v) is 22.7. The maximum Gasteiger partial charge on any atom is -1.00 e. The Balaban J connectivity index is 0.00000128. The fraction of sp³-hybridized carbons (Fsp3) is 0.407. The van der Waals surface area contributed by atoms with E-state index in [1.165, 1.54) is 41.5 Å². The van der Waals surface area contributed by atoms with Gasteiger partial charge in [-0.05, 0) is 0 Å². The second-order valence-electron chi connectivity index (χ2n) is 9.52. The van der Waals surface area contributed by atoms with E-state index in [2.05, 4.69) is 76.3 Å². The van der Waals surface area contributed by atoms with Gasteiger partial charge in [-0.25, -0.2) is 0 Å². The van der Waals surface area contributed by atoms with Gasteiger partial charge in [0.25, 0.3) is 0 Å². The van der Waals surface area contributed by atoms with Crippen molar-refractivity contribution >= 4 is 12.2 Å². The zero-order valence-electron chi connectivity index (χ0n) is 18.6. The third-order valence-electron chi connectivity index (χ3n) is 8.00. The van der Waals surface area contributed by atoms with E-state index in [-0.39, 0.29) is 24.8 Å². The van der Waals surface area contributed by atoms with Crippen molar-refractivity contribution in [1.29, 1.82) is 0 Å². The first-order valence-electron chi connectivity index (χ1n) is 11.1.